The van der Waals surface area contributed by atoms with Gasteiger partial charge >= 0.3 is 0 Å². The molecule has 10 heteroatoms. The Kier molecular flexibility index (Phi) is 17.8. The van der Waals surface area contributed by atoms with Gasteiger partial charge in [-0.1, -0.05) is 27.7 Å². The van der Waals surface area contributed by atoms with Gasteiger partial charge in [-0.3, -0.25) is 9.59 Å². The number of unbranched alkanes of at least 4 members (excludes halogenated alkanes) is 2. The van der Waals surface area contributed by atoms with Crippen LogP contribution < -0.4 is 21.4 Å². The third-order valence-corrected chi connectivity index (χ3v) is 13.8. The highest BCUT2D eigenvalue weighted by Crippen LogP contribution is 2.24. The first kappa shape index (κ1) is 48.5. The number of nitrogens with zero attached hydrogens (tertiary/aromatic N) is 4. The number of aromatic amines is 4. The lowest BCUT2D eigenvalue weighted by molar-refractivity contribution is -0.131. The first-order valence-electron chi connectivity index (χ1n) is 24.0. The van der Waals surface area contributed by atoms with E-state index in [0.717, 1.165) is 144 Å². The fourth-order valence-electron chi connectivity index (χ4n) is 9.30. The van der Waals surface area contributed by atoms with Crippen molar-refractivity contribution in [2.45, 2.75) is 133 Å². The fourth-order valence-corrected chi connectivity index (χ4v) is 9.30. The van der Waals surface area contributed by atoms with Crippen LogP contribution in [0.3, 0.4) is 0 Å². The van der Waals surface area contributed by atoms with Crippen LogP contribution in [0.25, 0.3) is 24.3 Å². The second kappa shape index (κ2) is 22.7. The van der Waals surface area contributed by atoms with E-state index in [-0.39, 0.29) is 11.8 Å². The molecule has 0 atom stereocenters. The summed E-state index contributed by atoms with van der Waals surface area (Å²) >= 11 is 0. The normalized spacial score (nSPS) is 12.4. The van der Waals surface area contributed by atoms with E-state index in [1.165, 1.54) is 22.3 Å². The van der Waals surface area contributed by atoms with Gasteiger partial charge < -0.3 is 39.5 Å². The molecule has 1 aliphatic rings. The second-order valence-corrected chi connectivity index (χ2v) is 17.7. The summed E-state index contributed by atoms with van der Waals surface area (Å²) < 4.78 is 0. The second-order valence-electron chi connectivity index (χ2n) is 17.7. The third kappa shape index (κ3) is 11.5. The Hall–Kier alpha value is -4.54. The predicted molar refractivity (Wildman–Crippen MR) is 260 cm³/mol. The first-order valence-corrected chi connectivity index (χ1v) is 24.0. The topological polar surface area (TPSA) is 110 Å². The molecule has 8 bridgehead atoms. The molecule has 62 heavy (non-hydrogen) atoms. The Morgan fingerprint density at radius 3 is 1.31 bits per heavy atom. The monoisotopic (exact) mass is 849 g/mol. The Morgan fingerprint density at radius 2 is 0.823 bits per heavy atom. The van der Waals surface area contributed by atoms with Crippen molar-refractivity contribution in [3.63, 3.8) is 0 Å². The van der Waals surface area contributed by atoms with Gasteiger partial charge in [0.1, 0.15) is 0 Å². The summed E-state index contributed by atoms with van der Waals surface area (Å²) in [5, 5.41) is 4.27. The standard InChI is InChI=1S/C52H80N8O2/c1-13-39-35(7)43-31-44-37(9)41(23-25-51(61)59(17-5)29-21-19-27-57(11)15-3)49(55-44)34-50-42(24-26-52(62)60(18-6)30-22-20-28-58(12)16-4)38(10)46(56-50)33-48-40(14-2)36(8)45(54-48)32-47(39)53-43/h31-34,53-56H,13-30H2,1-12H3. The molecule has 0 radical (unpaired) electrons. The minimum atomic E-state index is 0.205. The molecule has 340 valence electrons. The van der Waals surface area contributed by atoms with Crippen molar-refractivity contribution >= 4 is 36.1 Å². The van der Waals surface area contributed by atoms with Gasteiger partial charge in [-0.15, -0.1) is 0 Å². The molecule has 0 saturated heterocycles. The van der Waals surface area contributed by atoms with Gasteiger partial charge in [0.25, 0.3) is 0 Å². The fraction of sp³-hybridized carbons (Fsp3) is 0.577. The molecule has 4 N–H and O–H groups in total. The van der Waals surface area contributed by atoms with Crippen molar-refractivity contribution in [1.82, 2.24) is 39.5 Å². The minimum absolute atomic E-state index is 0.205. The van der Waals surface area contributed by atoms with Gasteiger partial charge in [0.2, 0.25) is 11.8 Å². The van der Waals surface area contributed by atoms with E-state index in [2.05, 4.69) is 137 Å². The van der Waals surface area contributed by atoms with Crippen LogP contribution in [0.15, 0.2) is 0 Å². The number of carbonyl (C=O) groups is 2. The Morgan fingerprint density at radius 1 is 0.435 bits per heavy atom. The van der Waals surface area contributed by atoms with E-state index in [4.69, 9.17) is 0 Å². The van der Waals surface area contributed by atoms with Gasteiger partial charge in [0, 0.05) is 83.2 Å². The average molecular weight is 849 g/mol. The summed E-state index contributed by atoms with van der Waals surface area (Å²) in [6, 6.07) is 0. The SMILES string of the molecule is CCc1c2[nH]c(c1C)C=c1[nH]c(c(CCC(=O)N(CC)CCCCN(C)CC)c1C)=Cc1[nH]c(c(C)c1CCC(=O)N(CC)CCCCN(C)CC)C=c1[nH]c(c(C)c1CC)=C2. The lowest BCUT2D eigenvalue weighted by Gasteiger charge is -2.22. The highest BCUT2D eigenvalue weighted by atomic mass is 16.2. The zero-order valence-corrected chi connectivity index (χ0v) is 40.6. The predicted octanol–water partition coefficient (Wildman–Crippen LogP) is 6.01. The number of H-pyrrole nitrogens is 4. The van der Waals surface area contributed by atoms with Gasteiger partial charge in [0.05, 0.1) is 0 Å². The van der Waals surface area contributed by atoms with Crippen LogP contribution in [-0.2, 0) is 35.3 Å². The van der Waals surface area contributed by atoms with Crippen LogP contribution >= 0.6 is 0 Å². The largest absolute Gasteiger partial charge is 0.355 e. The van der Waals surface area contributed by atoms with Crippen LogP contribution in [0, 0.1) is 27.7 Å². The van der Waals surface area contributed by atoms with Crippen LogP contribution in [0.4, 0.5) is 0 Å². The number of hydrogen-bond acceptors (Lipinski definition) is 4. The number of nitrogens with one attached hydrogen (secondary N) is 4. The lowest BCUT2D eigenvalue weighted by atomic mass is 10.0. The molecule has 0 aliphatic carbocycles. The summed E-state index contributed by atoms with van der Waals surface area (Å²) in [7, 11) is 4.31. The molecule has 4 aromatic heterocycles. The molecule has 0 saturated carbocycles. The maximum Gasteiger partial charge on any atom is 0.222 e. The molecule has 1 aliphatic heterocycles. The Labute approximate surface area is 372 Å². The van der Waals surface area contributed by atoms with Crippen LogP contribution in [0.5, 0.6) is 0 Å². The first-order chi connectivity index (χ1) is 29.8. The summed E-state index contributed by atoms with van der Waals surface area (Å²) in [5.41, 5.74) is 14.0. The lowest BCUT2D eigenvalue weighted by Crippen LogP contribution is -2.32. The van der Waals surface area contributed by atoms with E-state index < -0.39 is 0 Å². The highest BCUT2D eigenvalue weighted by molar-refractivity contribution is 5.77. The molecular weight excluding hydrogens is 769 g/mol. The summed E-state index contributed by atoms with van der Waals surface area (Å²) in [4.78, 5) is 51.7. The van der Waals surface area contributed by atoms with E-state index in [1.807, 2.05) is 9.80 Å². The average Bonchev–Trinajstić information content (AvgIpc) is 3.93. The van der Waals surface area contributed by atoms with E-state index in [0.29, 0.717) is 38.8 Å². The van der Waals surface area contributed by atoms with Crippen molar-refractivity contribution in [1.29, 1.82) is 0 Å². The van der Waals surface area contributed by atoms with Crippen LogP contribution in [0.2, 0.25) is 0 Å². The molecule has 10 nitrogen and oxygen atoms in total. The Balaban J connectivity index is 1.61. The van der Waals surface area contributed by atoms with Gasteiger partial charge in [-0.2, -0.15) is 0 Å². The highest BCUT2D eigenvalue weighted by Gasteiger charge is 2.20. The number of aromatic nitrogens is 4. The molecule has 5 heterocycles. The number of fused-ring (bicyclic) bond motifs is 8. The van der Waals surface area contributed by atoms with E-state index >= 15 is 0 Å². The summed E-state index contributed by atoms with van der Waals surface area (Å²) in [5.74, 6) is 0.411. The number of hydrogen-bond donors (Lipinski definition) is 4. The summed E-state index contributed by atoms with van der Waals surface area (Å²) in [6.45, 7) is 29.0. The molecule has 4 aromatic rings. The quantitative estimate of drug-likeness (QED) is 0.0640. The van der Waals surface area contributed by atoms with E-state index in [9.17, 15) is 9.59 Å². The molecule has 0 unspecified atom stereocenters. The number of carbonyl (C=O) groups excluding carboxylic acids is 2. The molecule has 0 fully saturated rings. The van der Waals surface area contributed by atoms with Crippen molar-refractivity contribution in [3.05, 3.63) is 88.7 Å². The van der Waals surface area contributed by atoms with Gasteiger partial charge in [-0.05, 0) is 202 Å². The van der Waals surface area contributed by atoms with Gasteiger partial charge in [0.15, 0.2) is 0 Å². The van der Waals surface area contributed by atoms with Gasteiger partial charge in [-0.25, -0.2) is 0 Å². The third-order valence-electron chi connectivity index (χ3n) is 13.8. The zero-order valence-electron chi connectivity index (χ0n) is 40.6. The maximum atomic E-state index is 13.9. The molecular formula is C52H80N8O2. The molecule has 5 rings (SSSR count). The van der Waals surface area contributed by atoms with Crippen molar-refractivity contribution in [3.8, 4) is 0 Å². The minimum Gasteiger partial charge on any atom is -0.355 e. The maximum absolute atomic E-state index is 13.9. The number of amides is 2. The zero-order chi connectivity index (χ0) is 45.1. The van der Waals surface area contributed by atoms with Crippen molar-refractivity contribution in [2.24, 2.45) is 0 Å². The van der Waals surface area contributed by atoms with Crippen LogP contribution in [-0.4, -0.2) is 118 Å². The smallest absolute Gasteiger partial charge is 0.222 e. The Bertz CT molecular complexity index is 2390. The van der Waals surface area contributed by atoms with Crippen molar-refractivity contribution in [2.75, 3.05) is 66.5 Å². The molecule has 0 spiro atoms. The van der Waals surface area contributed by atoms with Crippen molar-refractivity contribution < 1.29 is 9.59 Å². The summed E-state index contributed by atoms with van der Waals surface area (Å²) in [6.07, 6.45) is 17.2. The van der Waals surface area contributed by atoms with Crippen LogP contribution in [0.1, 0.15) is 147 Å². The molecule has 0 aromatic carbocycles. The number of rotatable bonds is 22. The van der Waals surface area contributed by atoms with E-state index in [1.54, 1.807) is 0 Å². The molecule has 2 amide bonds.